The highest BCUT2D eigenvalue weighted by molar-refractivity contribution is 6.71. The van der Waals surface area contributed by atoms with Gasteiger partial charge in [-0.3, -0.25) is 0 Å². The molecule has 0 bridgehead atoms. The molecule has 0 fully saturated rings. The molecule has 6 aromatic carbocycles. The SMILES string of the molecule is CC(C(C)[Si](Oc1ccccc1)(Oc1ccccc1)Oc1ccccc1)[Si](Oc1ccccc1)(Oc1ccccc1)Oc1ccccc1. The average Bonchev–Trinajstić information content (AvgIpc) is 3.13. The average molecular weight is 671 g/mol. The third-order valence-corrected chi connectivity index (χ3v) is 14.6. The largest absolute Gasteiger partial charge is 0.702 e. The molecular weight excluding hydrogens is 633 g/mol. The van der Waals surface area contributed by atoms with Gasteiger partial charge in [-0.05, 0) is 72.8 Å². The summed E-state index contributed by atoms with van der Waals surface area (Å²) in [6.45, 7) is 4.15. The monoisotopic (exact) mass is 670 g/mol. The Balaban J connectivity index is 1.52. The molecule has 2 unspecified atom stereocenters. The van der Waals surface area contributed by atoms with Gasteiger partial charge in [0.15, 0.2) is 0 Å². The van der Waals surface area contributed by atoms with Gasteiger partial charge in [-0.1, -0.05) is 123 Å². The fraction of sp³-hybridized carbons (Fsp3) is 0.100. The van der Waals surface area contributed by atoms with Crippen LogP contribution in [0.4, 0.5) is 0 Å². The molecule has 0 amide bonds. The molecule has 6 nitrogen and oxygen atoms in total. The molecule has 0 N–H and O–H groups in total. The van der Waals surface area contributed by atoms with E-state index in [0.717, 1.165) is 0 Å². The number of hydrogen-bond donors (Lipinski definition) is 0. The predicted octanol–water partition coefficient (Wildman–Crippen LogP) is 10.1. The van der Waals surface area contributed by atoms with Gasteiger partial charge in [0.2, 0.25) is 0 Å². The van der Waals surface area contributed by atoms with Crippen molar-refractivity contribution in [2.75, 3.05) is 0 Å². The summed E-state index contributed by atoms with van der Waals surface area (Å²) in [5.74, 6) is 3.75. The molecule has 6 aromatic rings. The Morgan fingerprint density at radius 2 is 0.417 bits per heavy atom. The second-order valence-electron chi connectivity index (χ2n) is 11.3. The Morgan fingerprint density at radius 3 is 0.562 bits per heavy atom. The highest BCUT2D eigenvalue weighted by Crippen LogP contribution is 2.45. The van der Waals surface area contributed by atoms with Crippen molar-refractivity contribution in [3.8, 4) is 34.5 Å². The quantitative estimate of drug-likeness (QED) is 0.101. The van der Waals surface area contributed by atoms with Crippen molar-refractivity contribution in [2.45, 2.75) is 24.9 Å². The smallest absolute Gasteiger partial charge is 0.483 e. The molecule has 0 heterocycles. The summed E-state index contributed by atoms with van der Waals surface area (Å²) in [4.78, 5) is 0. The first-order valence-electron chi connectivity index (χ1n) is 16.0. The van der Waals surface area contributed by atoms with Crippen molar-refractivity contribution in [3.05, 3.63) is 182 Å². The van der Waals surface area contributed by atoms with Gasteiger partial charge in [0, 0.05) is 0 Å². The van der Waals surface area contributed by atoms with Crippen LogP contribution in [0.15, 0.2) is 182 Å². The number of benzene rings is 6. The Labute approximate surface area is 284 Å². The lowest BCUT2D eigenvalue weighted by molar-refractivity contribution is 0.214. The normalized spacial score (nSPS) is 12.6. The van der Waals surface area contributed by atoms with Crippen LogP contribution < -0.4 is 26.6 Å². The first kappa shape index (κ1) is 32.5. The van der Waals surface area contributed by atoms with Gasteiger partial charge in [0.05, 0.1) is 11.1 Å². The van der Waals surface area contributed by atoms with E-state index in [4.69, 9.17) is 26.6 Å². The molecule has 0 radical (unpaired) electrons. The number of rotatable bonds is 15. The van der Waals surface area contributed by atoms with Gasteiger partial charge >= 0.3 is 17.6 Å². The third-order valence-electron chi connectivity index (χ3n) is 7.89. The van der Waals surface area contributed by atoms with E-state index in [1.807, 2.05) is 182 Å². The Kier molecular flexibility index (Phi) is 10.4. The van der Waals surface area contributed by atoms with E-state index in [2.05, 4.69) is 13.8 Å². The van der Waals surface area contributed by atoms with Gasteiger partial charge in [-0.2, -0.15) is 0 Å². The van der Waals surface area contributed by atoms with E-state index in [0.29, 0.717) is 34.5 Å². The molecule has 48 heavy (non-hydrogen) atoms. The third kappa shape index (κ3) is 8.09. The van der Waals surface area contributed by atoms with Crippen molar-refractivity contribution in [2.24, 2.45) is 0 Å². The van der Waals surface area contributed by atoms with Crippen LogP contribution >= 0.6 is 0 Å². The molecule has 242 valence electrons. The fourth-order valence-electron chi connectivity index (χ4n) is 5.21. The molecule has 0 saturated carbocycles. The van der Waals surface area contributed by atoms with Crippen LogP contribution in [0.1, 0.15) is 13.8 Å². The summed E-state index contributed by atoms with van der Waals surface area (Å²) < 4.78 is 41.9. The highest BCUT2D eigenvalue weighted by Gasteiger charge is 2.67. The van der Waals surface area contributed by atoms with Crippen LogP contribution in [0, 0.1) is 0 Å². The molecule has 0 spiro atoms. The van der Waals surface area contributed by atoms with E-state index in [-0.39, 0.29) is 0 Å². The van der Waals surface area contributed by atoms with Gasteiger partial charge in [0.25, 0.3) is 0 Å². The van der Waals surface area contributed by atoms with Gasteiger partial charge in [0.1, 0.15) is 34.5 Å². The Hall–Kier alpha value is -5.45. The van der Waals surface area contributed by atoms with Crippen LogP contribution in [-0.2, 0) is 0 Å². The van der Waals surface area contributed by atoms with Crippen LogP contribution in [0.3, 0.4) is 0 Å². The van der Waals surface area contributed by atoms with E-state index in [1.165, 1.54) is 0 Å². The second-order valence-corrected chi connectivity index (χ2v) is 16.7. The maximum atomic E-state index is 6.99. The van der Waals surface area contributed by atoms with Gasteiger partial charge in [-0.15, -0.1) is 0 Å². The van der Waals surface area contributed by atoms with Crippen molar-refractivity contribution >= 4 is 17.6 Å². The summed E-state index contributed by atoms with van der Waals surface area (Å²) >= 11 is 0. The zero-order chi connectivity index (χ0) is 33.1. The Bertz CT molecular complexity index is 1460. The molecule has 0 saturated heterocycles. The second kappa shape index (κ2) is 15.4. The fourth-order valence-corrected chi connectivity index (χ4v) is 11.8. The van der Waals surface area contributed by atoms with E-state index >= 15 is 0 Å². The van der Waals surface area contributed by atoms with Crippen molar-refractivity contribution < 1.29 is 26.6 Å². The topological polar surface area (TPSA) is 55.4 Å². The first-order valence-corrected chi connectivity index (χ1v) is 19.6. The minimum Gasteiger partial charge on any atom is -0.483 e. The van der Waals surface area contributed by atoms with Crippen molar-refractivity contribution in [1.82, 2.24) is 0 Å². The highest BCUT2D eigenvalue weighted by atomic mass is 28.4. The van der Waals surface area contributed by atoms with E-state index < -0.39 is 28.7 Å². The summed E-state index contributed by atoms with van der Waals surface area (Å²) in [6.07, 6.45) is 0. The molecule has 0 aliphatic rings. The minimum absolute atomic E-state index is 0.444. The molecule has 8 heteroatoms. The summed E-state index contributed by atoms with van der Waals surface area (Å²) in [5.41, 5.74) is -0.887. The standard InChI is InChI=1S/C40H38O6Si2/c1-33(47(41-35-21-9-3-10-22-35,42-36-23-11-4-12-24-36)43-37-25-13-5-14-26-37)34(2)48(44-38-27-15-6-16-28-38,45-39-29-17-7-18-30-39)46-40-31-19-8-20-32-40/h3-34H,1-2H3. The van der Waals surface area contributed by atoms with Crippen LogP contribution in [0.25, 0.3) is 0 Å². The van der Waals surface area contributed by atoms with E-state index in [9.17, 15) is 0 Å². The number of para-hydroxylation sites is 6. The lowest BCUT2D eigenvalue weighted by Crippen LogP contribution is -2.65. The molecule has 0 aromatic heterocycles. The molecule has 0 aliphatic heterocycles. The molecule has 0 aliphatic carbocycles. The van der Waals surface area contributed by atoms with Crippen LogP contribution in [-0.4, -0.2) is 17.6 Å². The van der Waals surface area contributed by atoms with Crippen LogP contribution in [0.2, 0.25) is 11.1 Å². The maximum absolute atomic E-state index is 6.99. The maximum Gasteiger partial charge on any atom is 0.702 e. The van der Waals surface area contributed by atoms with Crippen molar-refractivity contribution in [3.63, 3.8) is 0 Å². The van der Waals surface area contributed by atoms with Gasteiger partial charge in [-0.25, -0.2) is 0 Å². The predicted molar refractivity (Wildman–Crippen MR) is 193 cm³/mol. The summed E-state index contributed by atoms with van der Waals surface area (Å²) in [5, 5.41) is 0. The van der Waals surface area contributed by atoms with E-state index in [1.54, 1.807) is 0 Å². The minimum atomic E-state index is -3.85. The lowest BCUT2D eigenvalue weighted by atomic mass is 10.3. The molecule has 6 rings (SSSR count). The van der Waals surface area contributed by atoms with Crippen LogP contribution in [0.5, 0.6) is 34.5 Å². The Morgan fingerprint density at radius 1 is 0.271 bits per heavy atom. The molecular formula is C40H38O6Si2. The summed E-state index contributed by atoms with van der Waals surface area (Å²) in [7, 11) is -7.70. The summed E-state index contributed by atoms with van der Waals surface area (Å²) in [6, 6.07) is 57.8. The number of hydrogen-bond acceptors (Lipinski definition) is 6. The molecule has 2 atom stereocenters. The first-order chi connectivity index (χ1) is 23.5. The lowest BCUT2D eigenvalue weighted by Gasteiger charge is -2.41. The van der Waals surface area contributed by atoms with Crippen molar-refractivity contribution in [1.29, 1.82) is 0 Å². The van der Waals surface area contributed by atoms with Gasteiger partial charge < -0.3 is 26.6 Å². The zero-order valence-electron chi connectivity index (χ0n) is 26.9. The zero-order valence-corrected chi connectivity index (χ0v) is 28.9.